The van der Waals surface area contributed by atoms with E-state index in [0.717, 1.165) is 12.8 Å². The predicted octanol–water partition coefficient (Wildman–Crippen LogP) is -2.02. The fourth-order valence-electron chi connectivity index (χ4n) is 2.97. The van der Waals surface area contributed by atoms with Crippen molar-refractivity contribution in [3.05, 3.63) is 11.5 Å². The summed E-state index contributed by atoms with van der Waals surface area (Å²) in [5.74, 6) is -3.36. The molecule has 0 bridgehead atoms. The second-order valence-electron chi connectivity index (χ2n) is 7.06. The van der Waals surface area contributed by atoms with Gasteiger partial charge < -0.3 is 49.6 Å². The normalized spacial score (nSPS) is 32.7. The summed E-state index contributed by atoms with van der Waals surface area (Å²) in [6, 6.07) is 0. The van der Waals surface area contributed by atoms with Gasteiger partial charge in [0.25, 0.3) is 0 Å². The molecule has 0 spiro atoms. The molecule has 0 aromatic rings. The van der Waals surface area contributed by atoms with Crippen LogP contribution in [-0.2, 0) is 28.5 Å². The van der Waals surface area contributed by atoms with Crippen LogP contribution in [0.4, 0.5) is 0 Å². The first-order chi connectivity index (χ1) is 14.2. The molecule has 6 N–H and O–H groups in total. The summed E-state index contributed by atoms with van der Waals surface area (Å²) in [7, 11) is 0. The van der Waals surface area contributed by atoms with Crippen molar-refractivity contribution in [3.8, 4) is 0 Å². The standard InChI is InChI=1S/C18H28O12/c1-2-3-4-5-10(21)27-7-8(20)15-14(25)16(17(26)29-15)30-18-13(24)12(23)11(22)9(6-19)28-18/h8-9,11-13,15,18-20,22-25H,2-7H2,1H3/t8-,9+,11+,12-,13+,15+,18+/m0/s1. The van der Waals surface area contributed by atoms with Gasteiger partial charge in [0.1, 0.15) is 37.1 Å². The van der Waals surface area contributed by atoms with Crippen molar-refractivity contribution in [1.82, 2.24) is 0 Å². The molecule has 2 aliphatic heterocycles. The van der Waals surface area contributed by atoms with Gasteiger partial charge in [-0.05, 0) is 6.42 Å². The van der Waals surface area contributed by atoms with Crippen LogP contribution < -0.4 is 0 Å². The fourth-order valence-corrected chi connectivity index (χ4v) is 2.97. The molecule has 0 radical (unpaired) electrons. The Morgan fingerprint density at radius 3 is 2.50 bits per heavy atom. The van der Waals surface area contributed by atoms with E-state index in [1.165, 1.54) is 0 Å². The van der Waals surface area contributed by atoms with E-state index in [9.17, 15) is 40.2 Å². The summed E-state index contributed by atoms with van der Waals surface area (Å²) in [5.41, 5.74) is 0. The van der Waals surface area contributed by atoms with Gasteiger partial charge in [-0.2, -0.15) is 0 Å². The summed E-state index contributed by atoms with van der Waals surface area (Å²) in [6.07, 6.45) is -8.82. The maximum Gasteiger partial charge on any atom is 0.378 e. The van der Waals surface area contributed by atoms with Gasteiger partial charge in [-0.1, -0.05) is 19.8 Å². The lowest BCUT2D eigenvalue weighted by Crippen LogP contribution is -2.59. The van der Waals surface area contributed by atoms with Gasteiger partial charge in [0.05, 0.1) is 6.61 Å². The minimum absolute atomic E-state index is 0.165. The van der Waals surface area contributed by atoms with E-state index in [-0.39, 0.29) is 6.42 Å². The number of esters is 2. The van der Waals surface area contributed by atoms with Crippen molar-refractivity contribution in [2.24, 2.45) is 0 Å². The summed E-state index contributed by atoms with van der Waals surface area (Å²) < 4.78 is 19.9. The predicted molar refractivity (Wildman–Crippen MR) is 95.5 cm³/mol. The van der Waals surface area contributed by atoms with Crippen molar-refractivity contribution >= 4 is 11.9 Å². The molecule has 172 valence electrons. The molecule has 12 nitrogen and oxygen atoms in total. The molecular weight excluding hydrogens is 408 g/mol. The Labute approximate surface area is 172 Å². The van der Waals surface area contributed by atoms with Crippen LogP contribution in [0.3, 0.4) is 0 Å². The minimum Gasteiger partial charge on any atom is -0.505 e. The van der Waals surface area contributed by atoms with Crippen molar-refractivity contribution < 1.29 is 59.2 Å². The topological polar surface area (TPSA) is 192 Å². The van der Waals surface area contributed by atoms with E-state index in [2.05, 4.69) is 0 Å². The molecule has 0 saturated carbocycles. The fraction of sp³-hybridized carbons (Fsp3) is 0.778. The molecular formula is C18H28O12. The van der Waals surface area contributed by atoms with Crippen molar-refractivity contribution in [3.63, 3.8) is 0 Å². The molecule has 0 aromatic heterocycles. The lowest BCUT2D eigenvalue weighted by Gasteiger charge is -2.39. The van der Waals surface area contributed by atoms with Gasteiger partial charge >= 0.3 is 11.9 Å². The van der Waals surface area contributed by atoms with Gasteiger partial charge in [-0.15, -0.1) is 0 Å². The Morgan fingerprint density at radius 1 is 1.17 bits per heavy atom. The van der Waals surface area contributed by atoms with E-state index >= 15 is 0 Å². The molecule has 1 fully saturated rings. The van der Waals surface area contributed by atoms with Crippen LogP contribution in [0.25, 0.3) is 0 Å². The number of aliphatic hydroxyl groups is 6. The number of hydrogen-bond acceptors (Lipinski definition) is 12. The third-order valence-electron chi connectivity index (χ3n) is 4.75. The first-order valence-corrected chi connectivity index (χ1v) is 9.66. The third-order valence-corrected chi connectivity index (χ3v) is 4.75. The van der Waals surface area contributed by atoms with Crippen LogP contribution in [0.15, 0.2) is 11.5 Å². The third kappa shape index (κ3) is 5.59. The first-order valence-electron chi connectivity index (χ1n) is 9.66. The molecule has 7 atom stereocenters. The van der Waals surface area contributed by atoms with Gasteiger partial charge in [0, 0.05) is 6.42 Å². The van der Waals surface area contributed by atoms with Crippen LogP contribution in [-0.4, -0.2) is 98.7 Å². The smallest absolute Gasteiger partial charge is 0.378 e. The highest BCUT2D eigenvalue weighted by Crippen LogP contribution is 2.29. The molecule has 2 rings (SSSR count). The SMILES string of the molecule is CCCCCC(=O)OC[C@H](O)[C@H]1OC(=O)C(O[C@H]2O[C@H](CO)[C@@H](O)[C@H](O)[C@H]2O)=C1O. The average molecular weight is 436 g/mol. The van der Waals surface area contributed by atoms with Crippen molar-refractivity contribution in [2.75, 3.05) is 13.2 Å². The summed E-state index contributed by atoms with van der Waals surface area (Å²) >= 11 is 0. The maximum atomic E-state index is 12.0. The molecule has 1 saturated heterocycles. The lowest BCUT2D eigenvalue weighted by atomic mass is 9.99. The molecule has 0 unspecified atom stereocenters. The molecule has 0 aromatic carbocycles. The Kier molecular flexibility index (Phi) is 8.82. The van der Waals surface area contributed by atoms with Crippen molar-refractivity contribution in [1.29, 1.82) is 0 Å². The first kappa shape index (κ1) is 24.3. The largest absolute Gasteiger partial charge is 0.505 e. The van der Waals surface area contributed by atoms with E-state index in [1.54, 1.807) is 0 Å². The van der Waals surface area contributed by atoms with Crippen LogP contribution in [0, 0.1) is 0 Å². The molecule has 2 heterocycles. The zero-order chi connectivity index (χ0) is 22.4. The zero-order valence-electron chi connectivity index (χ0n) is 16.4. The van der Waals surface area contributed by atoms with Crippen LogP contribution in [0.5, 0.6) is 0 Å². The Balaban J connectivity index is 1.98. The van der Waals surface area contributed by atoms with E-state index in [1.807, 2.05) is 6.92 Å². The minimum atomic E-state index is -1.82. The van der Waals surface area contributed by atoms with E-state index < -0.39 is 79.6 Å². The Hall–Kier alpha value is -1.96. The highest BCUT2D eigenvalue weighted by Gasteiger charge is 2.48. The van der Waals surface area contributed by atoms with E-state index in [0.29, 0.717) is 6.42 Å². The molecule has 12 heteroatoms. The number of carbonyl (C=O) groups is 2. The maximum absolute atomic E-state index is 12.0. The van der Waals surface area contributed by atoms with Gasteiger partial charge in [0.2, 0.25) is 12.0 Å². The summed E-state index contributed by atoms with van der Waals surface area (Å²) in [5, 5.41) is 58.9. The van der Waals surface area contributed by atoms with Gasteiger partial charge in [-0.3, -0.25) is 4.79 Å². The monoisotopic (exact) mass is 436 g/mol. The van der Waals surface area contributed by atoms with Crippen molar-refractivity contribution in [2.45, 2.75) is 75.5 Å². The second kappa shape index (κ2) is 10.9. The van der Waals surface area contributed by atoms with Gasteiger partial charge in [-0.25, -0.2) is 4.79 Å². The summed E-state index contributed by atoms with van der Waals surface area (Å²) in [4.78, 5) is 23.6. The van der Waals surface area contributed by atoms with Gasteiger partial charge in [0.15, 0.2) is 11.9 Å². The molecule has 30 heavy (non-hydrogen) atoms. The number of unbranched alkanes of at least 4 members (excludes halogenated alkanes) is 2. The Morgan fingerprint density at radius 2 is 1.87 bits per heavy atom. The Bertz CT molecular complexity index is 633. The zero-order valence-corrected chi connectivity index (χ0v) is 16.4. The molecule has 0 amide bonds. The number of hydrogen-bond donors (Lipinski definition) is 6. The highest BCUT2D eigenvalue weighted by atomic mass is 16.7. The number of ether oxygens (including phenoxy) is 4. The number of aliphatic hydroxyl groups excluding tert-OH is 6. The quantitative estimate of drug-likeness (QED) is 0.163. The molecule has 0 aliphatic carbocycles. The van der Waals surface area contributed by atoms with Crippen LogP contribution in [0.1, 0.15) is 32.6 Å². The summed E-state index contributed by atoms with van der Waals surface area (Å²) in [6.45, 7) is 0.716. The van der Waals surface area contributed by atoms with E-state index in [4.69, 9.17) is 18.9 Å². The highest BCUT2D eigenvalue weighted by molar-refractivity contribution is 5.89. The number of carbonyl (C=O) groups excluding carboxylic acids is 2. The second-order valence-corrected chi connectivity index (χ2v) is 7.06. The lowest BCUT2D eigenvalue weighted by molar-refractivity contribution is -0.291. The van der Waals surface area contributed by atoms with Crippen LogP contribution in [0.2, 0.25) is 0 Å². The molecule has 2 aliphatic rings. The average Bonchev–Trinajstić information content (AvgIpc) is 3.00. The van der Waals surface area contributed by atoms with Crippen LogP contribution >= 0.6 is 0 Å². The number of rotatable bonds is 10. The number of cyclic esters (lactones) is 1.